The molecule has 0 saturated carbocycles. The molecule has 2 rings (SSSR count). The van der Waals surface area contributed by atoms with Crippen LogP contribution in [0.5, 0.6) is 5.75 Å². The number of halogens is 1. The molecule has 116 valence electrons. The van der Waals surface area contributed by atoms with Crippen LogP contribution >= 0.6 is 11.6 Å². The summed E-state index contributed by atoms with van der Waals surface area (Å²) in [6, 6.07) is 5.39. The molecule has 21 heavy (non-hydrogen) atoms. The van der Waals surface area contributed by atoms with E-state index in [1.165, 1.54) is 0 Å². The van der Waals surface area contributed by atoms with Crippen molar-refractivity contribution in [2.75, 3.05) is 20.1 Å². The van der Waals surface area contributed by atoms with Crippen LogP contribution in [0.25, 0.3) is 0 Å². The molecule has 1 aromatic rings. The number of hydrogen-bond acceptors (Lipinski definition) is 3. The van der Waals surface area contributed by atoms with Crippen molar-refractivity contribution in [2.45, 2.75) is 39.2 Å². The van der Waals surface area contributed by atoms with Crippen LogP contribution in [0.2, 0.25) is 5.02 Å². The molecule has 0 amide bonds. The predicted molar refractivity (Wildman–Crippen MR) is 86.4 cm³/mol. The molecule has 4 heteroatoms. The molecule has 0 spiro atoms. The van der Waals surface area contributed by atoms with Crippen molar-refractivity contribution >= 4 is 17.4 Å². The summed E-state index contributed by atoms with van der Waals surface area (Å²) in [6.45, 7) is 6.06. The monoisotopic (exact) mass is 309 g/mol. The molecule has 3 nitrogen and oxygen atoms in total. The van der Waals surface area contributed by atoms with Gasteiger partial charge >= 0.3 is 0 Å². The van der Waals surface area contributed by atoms with Crippen molar-refractivity contribution in [2.24, 2.45) is 5.92 Å². The summed E-state index contributed by atoms with van der Waals surface area (Å²) < 4.78 is 5.99. The van der Waals surface area contributed by atoms with E-state index in [9.17, 15) is 4.79 Å². The van der Waals surface area contributed by atoms with Gasteiger partial charge in [-0.25, -0.2) is 0 Å². The van der Waals surface area contributed by atoms with E-state index in [1.807, 2.05) is 26.0 Å². The van der Waals surface area contributed by atoms with Crippen LogP contribution in [-0.2, 0) is 0 Å². The van der Waals surface area contributed by atoms with Gasteiger partial charge in [0.25, 0.3) is 0 Å². The molecule has 1 aromatic carbocycles. The number of carbonyl (C=O) groups excluding carboxylic acids is 1. The third kappa shape index (κ3) is 4.21. The van der Waals surface area contributed by atoms with Crippen LogP contribution in [-0.4, -0.2) is 36.9 Å². The molecule has 0 N–H and O–H groups in total. The number of carbonyl (C=O) groups is 1. The molecule has 1 fully saturated rings. The van der Waals surface area contributed by atoms with Crippen LogP contribution in [0.4, 0.5) is 0 Å². The van der Waals surface area contributed by atoms with Gasteiger partial charge in [0.15, 0.2) is 5.78 Å². The fraction of sp³-hybridized carbons (Fsp3) is 0.588. The number of ketones is 1. The summed E-state index contributed by atoms with van der Waals surface area (Å²) in [5.41, 5.74) is 0.671. The highest BCUT2D eigenvalue weighted by Crippen LogP contribution is 2.29. The maximum Gasteiger partial charge on any atom is 0.165 e. The Bertz CT molecular complexity index is 496. The van der Waals surface area contributed by atoms with Gasteiger partial charge in [-0.2, -0.15) is 0 Å². The topological polar surface area (TPSA) is 29.5 Å². The molecule has 1 aliphatic rings. The van der Waals surface area contributed by atoms with Crippen molar-refractivity contribution in [3.63, 3.8) is 0 Å². The summed E-state index contributed by atoms with van der Waals surface area (Å²) in [5.74, 6) is 0.860. The SMILES string of the molecule is CC[C@@H](C)C(=O)c1ccc(OC2CCN(C)CC2)c(Cl)c1. The molecule has 1 heterocycles. The lowest BCUT2D eigenvalue weighted by atomic mass is 9.97. The number of likely N-dealkylation sites (tertiary alicyclic amines) is 1. The minimum absolute atomic E-state index is 0.0294. The number of ether oxygens (including phenoxy) is 1. The lowest BCUT2D eigenvalue weighted by Crippen LogP contribution is -2.35. The Hall–Kier alpha value is -1.06. The third-order valence-corrected chi connectivity index (χ3v) is 4.53. The van der Waals surface area contributed by atoms with Crippen LogP contribution in [0.3, 0.4) is 0 Å². The Morgan fingerprint density at radius 1 is 1.43 bits per heavy atom. The first-order chi connectivity index (χ1) is 10.0. The summed E-state index contributed by atoms with van der Waals surface area (Å²) >= 11 is 6.28. The molecule has 0 aromatic heterocycles. The molecule has 1 aliphatic heterocycles. The zero-order valence-electron chi connectivity index (χ0n) is 13.1. The van der Waals surface area contributed by atoms with E-state index >= 15 is 0 Å². The number of rotatable bonds is 5. The van der Waals surface area contributed by atoms with Gasteiger partial charge in [0.2, 0.25) is 0 Å². The van der Waals surface area contributed by atoms with Crippen molar-refractivity contribution < 1.29 is 9.53 Å². The van der Waals surface area contributed by atoms with Crippen LogP contribution in [0, 0.1) is 5.92 Å². The molecule has 1 saturated heterocycles. The molecule has 0 aliphatic carbocycles. The Kier molecular flexibility index (Phi) is 5.65. The second kappa shape index (κ2) is 7.28. The average molecular weight is 310 g/mol. The Balaban J connectivity index is 2.04. The molecular formula is C17H24ClNO2. The van der Waals surface area contributed by atoms with Gasteiger partial charge in [-0.1, -0.05) is 25.4 Å². The van der Waals surface area contributed by atoms with E-state index in [1.54, 1.807) is 6.07 Å². The first kappa shape index (κ1) is 16.3. The van der Waals surface area contributed by atoms with E-state index in [4.69, 9.17) is 16.3 Å². The first-order valence-corrected chi connectivity index (χ1v) is 8.08. The van der Waals surface area contributed by atoms with Crippen molar-refractivity contribution in [3.8, 4) is 5.75 Å². The van der Waals surface area contributed by atoms with Crippen molar-refractivity contribution in [1.29, 1.82) is 0 Å². The smallest absolute Gasteiger partial charge is 0.165 e. The van der Waals surface area contributed by atoms with Gasteiger partial charge in [0.1, 0.15) is 11.9 Å². The van der Waals surface area contributed by atoms with E-state index in [2.05, 4.69) is 11.9 Å². The summed E-state index contributed by atoms with van der Waals surface area (Å²) in [4.78, 5) is 14.5. The fourth-order valence-electron chi connectivity index (χ4n) is 2.50. The third-order valence-electron chi connectivity index (χ3n) is 4.24. The standard InChI is InChI=1S/C17H24ClNO2/c1-4-12(2)17(20)13-5-6-16(15(18)11-13)21-14-7-9-19(3)10-8-14/h5-6,11-12,14H,4,7-10H2,1-3H3/t12-/m1/s1. The van der Waals surface area contributed by atoms with Crippen LogP contribution in [0.15, 0.2) is 18.2 Å². The fourth-order valence-corrected chi connectivity index (χ4v) is 2.73. The summed E-state index contributed by atoms with van der Waals surface area (Å²) in [7, 11) is 2.12. The summed E-state index contributed by atoms with van der Waals surface area (Å²) in [5, 5.41) is 0.531. The van der Waals surface area contributed by atoms with Gasteiger partial charge in [-0.15, -0.1) is 0 Å². The van der Waals surface area contributed by atoms with Crippen LogP contribution < -0.4 is 4.74 Å². The highest BCUT2D eigenvalue weighted by Gasteiger charge is 2.20. The predicted octanol–water partition coefficient (Wildman–Crippen LogP) is 4.04. The number of piperidine rings is 1. The van der Waals surface area contributed by atoms with Crippen molar-refractivity contribution in [3.05, 3.63) is 28.8 Å². The maximum absolute atomic E-state index is 12.2. The Morgan fingerprint density at radius 3 is 2.67 bits per heavy atom. The van der Waals surface area contributed by atoms with Gasteiger partial charge in [-0.3, -0.25) is 4.79 Å². The molecule has 1 atom stereocenters. The second-order valence-corrected chi connectivity index (χ2v) is 6.35. The molecule has 0 unspecified atom stereocenters. The molecule has 0 bridgehead atoms. The average Bonchev–Trinajstić information content (AvgIpc) is 2.50. The zero-order chi connectivity index (χ0) is 15.4. The van der Waals surface area contributed by atoms with Gasteiger partial charge < -0.3 is 9.64 Å². The van der Waals surface area contributed by atoms with Crippen LogP contribution in [0.1, 0.15) is 43.5 Å². The summed E-state index contributed by atoms with van der Waals surface area (Å²) in [6.07, 6.45) is 3.08. The Morgan fingerprint density at radius 2 is 2.10 bits per heavy atom. The first-order valence-electron chi connectivity index (χ1n) is 7.70. The molecular weight excluding hydrogens is 286 g/mol. The Labute approximate surface area is 132 Å². The van der Waals surface area contributed by atoms with Gasteiger partial charge in [0.05, 0.1) is 5.02 Å². The highest BCUT2D eigenvalue weighted by molar-refractivity contribution is 6.32. The second-order valence-electron chi connectivity index (χ2n) is 5.94. The van der Waals surface area contributed by atoms with Gasteiger partial charge in [0, 0.05) is 24.6 Å². The maximum atomic E-state index is 12.2. The zero-order valence-corrected chi connectivity index (χ0v) is 13.8. The number of hydrogen-bond donors (Lipinski definition) is 0. The van der Waals surface area contributed by atoms with E-state index in [0.717, 1.165) is 32.4 Å². The minimum Gasteiger partial charge on any atom is -0.489 e. The van der Waals surface area contributed by atoms with E-state index in [0.29, 0.717) is 16.3 Å². The lowest BCUT2D eigenvalue weighted by molar-refractivity contribution is 0.0927. The van der Waals surface area contributed by atoms with E-state index < -0.39 is 0 Å². The lowest BCUT2D eigenvalue weighted by Gasteiger charge is -2.29. The number of nitrogens with zero attached hydrogens (tertiary/aromatic N) is 1. The molecule has 0 radical (unpaired) electrons. The van der Waals surface area contributed by atoms with Gasteiger partial charge in [-0.05, 0) is 44.5 Å². The van der Waals surface area contributed by atoms with E-state index in [-0.39, 0.29) is 17.8 Å². The largest absolute Gasteiger partial charge is 0.489 e. The number of benzene rings is 1. The quantitative estimate of drug-likeness (QED) is 0.769. The highest BCUT2D eigenvalue weighted by atomic mass is 35.5. The van der Waals surface area contributed by atoms with Crippen molar-refractivity contribution in [1.82, 2.24) is 4.90 Å². The minimum atomic E-state index is 0.0294. The normalized spacial score (nSPS) is 18.5. The number of Topliss-reactive ketones (excluding diaryl/α,β-unsaturated/α-hetero) is 1.